The average molecular weight is 499 g/mol. The smallest absolute Gasteiger partial charge is 0.210 e. The molecule has 0 amide bonds. The summed E-state index contributed by atoms with van der Waals surface area (Å²) < 4.78 is 12.5. The predicted molar refractivity (Wildman–Crippen MR) is 129 cm³/mol. The first-order chi connectivity index (χ1) is 16.7. The highest BCUT2D eigenvalue weighted by Crippen LogP contribution is 2.84. The molecule has 5 rings (SSSR count). The third-order valence-corrected chi connectivity index (χ3v) is 9.68. The number of aliphatic hydroxyl groups is 4. The molecule has 8 nitrogen and oxygen atoms in total. The fourth-order valence-electron chi connectivity index (χ4n) is 8.16. The molecule has 0 aromatic carbocycles. The molecule has 0 aromatic heterocycles. The molecule has 0 spiro atoms. The first kappa shape index (κ1) is 25.1. The Morgan fingerprint density at radius 1 is 0.944 bits per heavy atom. The lowest BCUT2D eigenvalue weighted by Crippen LogP contribution is -2.72. The van der Waals surface area contributed by atoms with E-state index in [2.05, 4.69) is 0 Å². The molecule has 36 heavy (non-hydrogen) atoms. The van der Waals surface area contributed by atoms with Crippen LogP contribution in [0.5, 0.6) is 0 Å². The highest BCUT2D eigenvalue weighted by atomic mass is 16.8. The summed E-state index contributed by atoms with van der Waals surface area (Å²) in [5.41, 5.74) is -7.18. The van der Waals surface area contributed by atoms with E-state index in [1.807, 2.05) is 19.1 Å². The predicted octanol–water partition coefficient (Wildman–Crippen LogP) is 3.48. The lowest BCUT2D eigenvalue weighted by molar-refractivity contribution is -0.451. The average Bonchev–Trinajstić information content (AvgIpc) is 3.12. The molecule has 2 saturated heterocycles. The van der Waals surface area contributed by atoms with Crippen molar-refractivity contribution in [1.29, 1.82) is 0 Å². The quantitative estimate of drug-likeness (QED) is 0.189. The summed E-state index contributed by atoms with van der Waals surface area (Å²) in [6.07, 6.45) is 10.5. The standard InChI is InChI=1S/C28H34O8/c1-7-9-11-13-15(29)17-19-23(3)22(32)18(16(30)14-12-10-8-2)20-24(4,21(17)31)28(34)25(19,5)35-27(23,33)26(20,6)36-28/h7-11,13,19-20,29,32-34H,12,14H2,1-6H3/b9-7+,10-8+,13-11+,17-15?/t19-,20+,23-,24-,25-,26-,27+,28+/m0/s1. The largest absolute Gasteiger partial charge is 0.511 e. The molecule has 0 aromatic rings. The summed E-state index contributed by atoms with van der Waals surface area (Å²) in [7, 11) is 0. The molecule has 194 valence electrons. The van der Waals surface area contributed by atoms with E-state index < -0.39 is 57.0 Å². The van der Waals surface area contributed by atoms with Gasteiger partial charge in [0, 0.05) is 29.4 Å². The molecule has 2 aliphatic heterocycles. The van der Waals surface area contributed by atoms with Crippen molar-refractivity contribution in [3.63, 3.8) is 0 Å². The fourth-order valence-corrected chi connectivity index (χ4v) is 8.16. The van der Waals surface area contributed by atoms with E-state index in [4.69, 9.17) is 9.47 Å². The number of ketones is 2. The maximum atomic E-state index is 14.3. The lowest BCUT2D eigenvalue weighted by atomic mass is 9.40. The van der Waals surface area contributed by atoms with Gasteiger partial charge in [-0.05, 0) is 54.0 Å². The number of hydrogen-bond donors (Lipinski definition) is 4. The van der Waals surface area contributed by atoms with Crippen molar-refractivity contribution in [2.24, 2.45) is 22.7 Å². The van der Waals surface area contributed by atoms with Crippen LogP contribution in [0, 0.1) is 22.7 Å². The third kappa shape index (κ3) is 2.19. The Balaban J connectivity index is 1.89. The second kappa shape index (κ2) is 7.07. The Hall–Kier alpha value is -2.52. The van der Waals surface area contributed by atoms with Gasteiger partial charge in [-0.3, -0.25) is 9.59 Å². The van der Waals surface area contributed by atoms with Crippen LogP contribution in [0.25, 0.3) is 0 Å². The lowest BCUT2D eigenvalue weighted by Gasteiger charge is -2.58. The number of rotatable bonds is 6. The van der Waals surface area contributed by atoms with E-state index in [9.17, 15) is 30.0 Å². The van der Waals surface area contributed by atoms with E-state index in [0.717, 1.165) is 0 Å². The molecule has 8 heteroatoms. The molecule has 4 fully saturated rings. The van der Waals surface area contributed by atoms with Gasteiger partial charge in [0.05, 0.1) is 10.8 Å². The molecular formula is C28H34O8. The number of carbonyl (C=O) groups is 2. The SMILES string of the molecule is C/C=C/C=C/C(O)=C1C(=O)[C@]2(C)[C@H]3C(C(=O)CC/C=C/C)=C(O)[C@]4(C)[C@H]1[C@]1(C)O[C@@]4(O)[C@@]3(C)O[C@@]12O. The molecule has 2 heterocycles. The molecule has 4 N–H and O–H groups in total. The summed E-state index contributed by atoms with van der Waals surface area (Å²) in [4.78, 5) is 28.0. The minimum atomic E-state index is -2.24. The molecule has 3 aliphatic carbocycles. The van der Waals surface area contributed by atoms with E-state index in [0.29, 0.717) is 6.42 Å². The molecular weight excluding hydrogens is 464 g/mol. The summed E-state index contributed by atoms with van der Waals surface area (Å²) in [5.74, 6) is -8.64. The van der Waals surface area contributed by atoms with Gasteiger partial charge in [-0.2, -0.15) is 0 Å². The number of allylic oxidation sites excluding steroid dienone is 6. The van der Waals surface area contributed by atoms with Crippen molar-refractivity contribution in [3.05, 3.63) is 59.1 Å². The van der Waals surface area contributed by atoms with E-state index in [-0.39, 0.29) is 29.1 Å². The van der Waals surface area contributed by atoms with E-state index in [1.54, 1.807) is 25.2 Å². The topological polar surface area (TPSA) is 134 Å². The maximum absolute atomic E-state index is 14.3. The normalized spacial score (nSPS) is 50.1. The van der Waals surface area contributed by atoms with Gasteiger partial charge < -0.3 is 29.9 Å². The Bertz CT molecular complexity index is 1240. The number of hydrogen-bond acceptors (Lipinski definition) is 8. The summed E-state index contributed by atoms with van der Waals surface area (Å²) in [6.45, 7) is 9.66. The van der Waals surface area contributed by atoms with Gasteiger partial charge in [-0.25, -0.2) is 0 Å². The van der Waals surface area contributed by atoms with Crippen molar-refractivity contribution in [2.45, 2.75) is 77.2 Å². The summed E-state index contributed by atoms with van der Waals surface area (Å²) in [6, 6.07) is 0. The van der Waals surface area contributed by atoms with Gasteiger partial charge in [-0.1, -0.05) is 30.4 Å². The van der Waals surface area contributed by atoms with Gasteiger partial charge >= 0.3 is 0 Å². The van der Waals surface area contributed by atoms with Gasteiger partial charge in [0.1, 0.15) is 22.7 Å². The Morgan fingerprint density at radius 3 is 2.11 bits per heavy atom. The zero-order chi connectivity index (χ0) is 26.7. The van der Waals surface area contributed by atoms with Crippen LogP contribution in [0.2, 0.25) is 0 Å². The number of ether oxygens (including phenoxy) is 2. The highest BCUT2D eigenvalue weighted by Gasteiger charge is 2.98. The molecule has 8 atom stereocenters. The molecule has 2 saturated carbocycles. The van der Waals surface area contributed by atoms with E-state index >= 15 is 0 Å². The van der Waals surface area contributed by atoms with Crippen molar-refractivity contribution in [2.75, 3.05) is 0 Å². The summed E-state index contributed by atoms with van der Waals surface area (Å²) >= 11 is 0. The Kier molecular flexibility index (Phi) is 4.94. The zero-order valence-electron chi connectivity index (χ0n) is 21.5. The van der Waals surface area contributed by atoms with Gasteiger partial charge in [-0.15, -0.1) is 0 Å². The molecule has 0 radical (unpaired) electrons. The van der Waals surface area contributed by atoms with Crippen LogP contribution in [0.1, 0.15) is 54.4 Å². The first-order valence-electron chi connectivity index (χ1n) is 12.4. The van der Waals surface area contributed by atoms with Crippen molar-refractivity contribution < 1.29 is 39.5 Å². The monoisotopic (exact) mass is 498 g/mol. The Labute approximate surface area is 210 Å². The Morgan fingerprint density at radius 2 is 1.53 bits per heavy atom. The first-order valence-corrected chi connectivity index (χ1v) is 12.4. The fraction of sp³-hybridized carbons (Fsp3) is 0.571. The minimum Gasteiger partial charge on any atom is -0.511 e. The zero-order valence-corrected chi connectivity index (χ0v) is 21.5. The van der Waals surface area contributed by atoms with Crippen LogP contribution in [-0.4, -0.2) is 54.8 Å². The number of Topliss-reactive ketones (excluding diaryl/α,β-unsaturated/α-hetero) is 2. The van der Waals surface area contributed by atoms with Crippen LogP contribution in [0.3, 0.4) is 0 Å². The van der Waals surface area contributed by atoms with Crippen molar-refractivity contribution in [3.8, 4) is 0 Å². The summed E-state index contributed by atoms with van der Waals surface area (Å²) in [5, 5.41) is 47.4. The van der Waals surface area contributed by atoms with Crippen molar-refractivity contribution in [1.82, 2.24) is 0 Å². The minimum absolute atomic E-state index is 0.0264. The second-order valence-corrected chi connectivity index (χ2v) is 11.3. The van der Waals surface area contributed by atoms with E-state index in [1.165, 1.54) is 33.8 Å². The third-order valence-electron chi connectivity index (χ3n) is 9.68. The number of carbonyl (C=O) groups excluding carboxylic acids is 2. The van der Waals surface area contributed by atoms with Crippen LogP contribution >= 0.6 is 0 Å². The van der Waals surface area contributed by atoms with Crippen LogP contribution in [0.15, 0.2) is 59.1 Å². The van der Waals surface area contributed by atoms with Crippen molar-refractivity contribution >= 4 is 11.6 Å². The maximum Gasteiger partial charge on any atom is 0.210 e. The second-order valence-electron chi connectivity index (χ2n) is 11.3. The molecule has 8 bridgehead atoms. The van der Waals surface area contributed by atoms with Gasteiger partial charge in [0.15, 0.2) is 11.6 Å². The van der Waals surface area contributed by atoms with Crippen LogP contribution < -0.4 is 0 Å². The van der Waals surface area contributed by atoms with Gasteiger partial charge in [0.25, 0.3) is 0 Å². The molecule has 5 aliphatic rings. The molecule has 0 unspecified atom stereocenters. The van der Waals surface area contributed by atoms with Gasteiger partial charge in [0.2, 0.25) is 11.6 Å². The van der Waals surface area contributed by atoms with Crippen LogP contribution in [-0.2, 0) is 19.1 Å². The number of aliphatic hydroxyl groups excluding tert-OH is 2. The highest BCUT2D eigenvalue weighted by molar-refractivity contribution is 6.08. The van der Waals surface area contributed by atoms with Crippen LogP contribution in [0.4, 0.5) is 0 Å².